The van der Waals surface area contributed by atoms with E-state index in [9.17, 15) is 4.79 Å². The highest BCUT2D eigenvalue weighted by atomic mass is 32.1. The Morgan fingerprint density at radius 2 is 2.22 bits per heavy atom. The number of piperidine rings is 1. The lowest BCUT2D eigenvalue weighted by Crippen LogP contribution is -2.63. The van der Waals surface area contributed by atoms with Crippen LogP contribution in [0.1, 0.15) is 36.5 Å². The van der Waals surface area contributed by atoms with Crippen LogP contribution in [0.3, 0.4) is 0 Å². The van der Waals surface area contributed by atoms with Crippen molar-refractivity contribution in [1.29, 1.82) is 0 Å². The fourth-order valence-electron chi connectivity index (χ4n) is 3.06. The Balaban J connectivity index is 1.55. The molecule has 0 radical (unpaired) electrons. The van der Waals surface area contributed by atoms with Gasteiger partial charge in [-0.15, -0.1) is 0 Å². The summed E-state index contributed by atoms with van der Waals surface area (Å²) in [5.74, 6) is 0.206. The van der Waals surface area contributed by atoms with Crippen molar-refractivity contribution in [3.8, 4) is 0 Å². The minimum atomic E-state index is 0.206. The quantitative estimate of drug-likeness (QED) is 0.819. The van der Waals surface area contributed by atoms with Crippen LogP contribution in [0.4, 0.5) is 0 Å². The molecule has 3 rings (SSSR count). The van der Waals surface area contributed by atoms with E-state index in [0.29, 0.717) is 12.1 Å². The smallest absolute Gasteiger partial charge is 0.254 e. The Morgan fingerprint density at radius 1 is 1.39 bits per heavy atom. The standard InChI is InChI=1S/C14H20N2OS/c1-11-4-2-3-6-16(11)13-8-15(9-13)14(17)12-5-7-18-10-12/h5,7,10-11,13H,2-4,6,8-9H2,1H3/t11-/m1/s1. The summed E-state index contributed by atoms with van der Waals surface area (Å²) in [6, 6.07) is 3.22. The fourth-order valence-corrected chi connectivity index (χ4v) is 3.69. The first kappa shape index (κ1) is 12.2. The number of rotatable bonds is 2. The molecule has 0 unspecified atom stereocenters. The average molecular weight is 264 g/mol. The minimum absolute atomic E-state index is 0.206. The first-order chi connectivity index (χ1) is 8.75. The molecular weight excluding hydrogens is 244 g/mol. The van der Waals surface area contributed by atoms with E-state index in [0.717, 1.165) is 18.7 Å². The van der Waals surface area contributed by atoms with E-state index in [-0.39, 0.29) is 5.91 Å². The SMILES string of the molecule is C[C@@H]1CCCCN1C1CN(C(=O)c2ccsc2)C1. The Bertz CT molecular complexity index is 411. The van der Waals surface area contributed by atoms with E-state index in [2.05, 4.69) is 11.8 Å². The van der Waals surface area contributed by atoms with Crippen LogP contribution in [0.25, 0.3) is 0 Å². The molecule has 1 amide bonds. The summed E-state index contributed by atoms with van der Waals surface area (Å²) in [4.78, 5) is 16.7. The summed E-state index contributed by atoms with van der Waals surface area (Å²) < 4.78 is 0. The van der Waals surface area contributed by atoms with Crippen molar-refractivity contribution >= 4 is 17.2 Å². The zero-order chi connectivity index (χ0) is 12.5. The number of hydrogen-bond donors (Lipinski definition) is 0. The van der Waals surface area contributed by atoms with Crippen LogP contribution < -0.4 is 0 Å². The number of carbonyl (C=O) groups is 1. The van der Waals surface area contributed by atoms with Crippen LogP contribution in [0.15, 0.2) is 16.8 Å². The highest BCUT2D eigenvalue weighted by molar-refractivity contribution is 7.08. The molecule has 0 aromatic carbocycles. The van der Waals surface area contributed by atoms with Crippen molar-refractivity contribution in [1.82, 2.24) is 9.80 Å². The Labute approximate surface area is 112 Å². The molecule has 0 aliphatic carbocycles. The Kier molecular flexibility index (Phi) is 3.39. The number of carbonyl (C=O) groups excluding carboxylic acids is 1. The van der Waals surface area contributed by atoms with Gasteiger partial charge in [0.2, 0.25) is 0 Å². The minimum Gasteiger partial charge on any atom is -0.335 e. The summed E-state index contributed by atoms with van der Waals surface area (Å²) in [7, 11) is 0. The summed E-state index contributed by atoms with van der Waals surface area (Å²) >= 11 is 1.59. The largest absolute Gasteiger partial charge is 0.335 e. The van der Waals surface area contributed by atoms with Crippen molar-refractivity contribution in [2.24, 2.45) is 0 Å². The molecule has 0 spiro atoms. The number of hydrogen-bond acceptors (Lipinski definition) is 3. The van der Waals surface area contributed by atoms with Crippen LogP contribution in [0.5, 0.6) is 0 Å². The van der Waals surface area contributed by atoms with Gasteiger partial charge in [-0.25, -0.2) is 0 Å². The molecule has 18 heavy (non-hydrogen) atoms. The maximum atomic E-state index is 12.1. The van der Waals surface area contributed by atoms with Crippen molar-refractivity contribution in [3.63, 3.8) is 0 Å². The maximum absolute atomic E-state index is 12.1. The monoisotopic (exact) mass is 264 g/mol. The molecule has 0 bridgehead atoms. The normalized spacial score (nSPS) is 26.1. The van der Waals surface area contributed by atoms with E-state index in [1.807, 2.05) is 21.7 Å². The lowest BCUT2D eigenvalue weighted by Gasteiger charge is -2.49. The van der Waals surface area contributed by atoms with E-state index in [1.165, 1.54) is 25.8 Å². The molecule has 2 aliphatic heterocycles. The number of amides is 1. The van der Waals surface area contributed by atoms with Gasteiger partial charge in [-0.3, -0.25) is 9.69 Å². The van der Waals surface area contributed by atoms with Gasteiger partial charge in [0.1, 0.15) is 0 Å². The predicted molar refractivity (Wildman–Crippen MR) is 74.0 cm³/mol. The van der Waals surface area contributed by atoms with Crippen LogP contribution in [0.2, 0.25) is 0 Å². The van der Waals surface area contributed by atoms with Gasteiger partial charge in [0.25, 0.3) is 5.91 Å². The van der Waals surface area contributed by atoms with Gasteiger partial charge in [0, 0.05) is 30.6 Å². The molecule has 0 saturated carbocycles. The van der Waals surface area contributed by atoms with E-state index < -0.39 is 0 Å². The van der Waals surface area contributed by atoms with Crippen molar-refractivity contribution in [2.75, 3.05) is 19.6 Å². The molecule has 1 atom stereocenters. The number of likely N-dealkylation sites (tertiary alicyclic amines) is 2. The summed E-state index contributed by atoms with van der Waals surface area (Å²) in [6.07, 6.45) is 4.00. The van der Waals surface area contributed by atoms with Gasteiger partial charge in [-0.1, -0.05) is 6.42 Å². The summed E-state index contributed by atoms with van der Waals surface area (Å²) in [6.45, 7) is 5.37. The molecule has 3 heterocycles. The first-order valence-corrected chi connectivity index (χ1v) is 7.77. The molecule has 3 nitrogen and oxygen atoms in total. The van der Waals surface area contributed by atoms with Crippen LogP contribution in [-0.2, 0) is 0 Å². The Hall–Kier alpha value is -0.870. The molecule has 2 fully saturated rings. The van der Waals surface area contributed by atoms with Gasteiger partial charge in [-0.2, -0.15) is 11.3 Å². The third-order valence-electron chi connectivity index (χ3n) is 4.24. The third-order valence-corrected chi connectivity index (χ3v) is 4.92. The molecular formula is C14H20N2OS. The van der Waals surface area contributed by atoms with E-state index in [4.69, 9.17) is 0 Å². The van der Waals surface area contributed by atoms with Crippen molar-refractivity contribution in [3.05, 3.63) is 22.4 Å². The molecule has 98 valence electrons. The number of thiophene rings is 1. The van der Waals surface area contributed by atoms with Crippen molar-refractivity contribution in [2.45, 2.75) is 38.3 Å². The molecule has 1 aromatic rings. The number of nitrogens with zero attached hydrogens (tertiary/aromatic N) is 2. The highest BCUT2D eigenvalue weighted by Crippen LogP contribution is 2.25. The van der Waals surface area contributed by atoms with Gasteiger partial charge >= 0.3 is 0 Å². The van der Waals surface area contributed by atoms with Gasteiger partial charge < -0.3 is 4.90 Å². The lowest BCUT2D eigenvalue weighted by molar-refractivity contribution is 0.00216. The third kappa shape index (κ3) is 2.19. The summed E-state index contributed by atoms with van der Waals surface area (Å²) in [5.41, 5.74) is 0.852. The molecule has 0 N–H and O–H groups in total. The first-order valence-electron chi connectivity index (χ1n) is 6.83. The van der Waals surface area contributed by atoms with Crippen LogP contribution >= 0.6 is 11.3 Å². The second kappa shape index (κ2) is 5.02. The van der Waals surface area contributed by atoms with Gasteiger partial charge in [0.15, 0.2) is 0 Å². The van der Waals surface area contributed by atoms with Gasteiger partial charge in [-0.05, 0) is 37.8 Å². The zero-order valence-corrected chi connectivity index (χ0v) is 11.7. The van der Waals surface area contributed by atoms with Gasteiger partial charge in [0.05, 0.1) is 5.56 Å². The molecule has 4 heteroatoms. The maximum Gasteiger partial charge on any atom is 0.254 e. The molecule has 1 aromatic heterocycles. The topological polar surface area (TPSA) is 23.6 Å². The summed E-state index contributed by atoms with van der Waals surface area (Å²) in [5, 5.41) is 3.91. The fraction of sp³-hybridized carbons (Fsp3) is 0.643. The molecule has 2 saturated heterocycles. The van der Waals surface area contributed by atoms with Crippen LogP contribution in [0, 0.1) is 0 Å². The highest BCUT2D eigenvalue weighted by Gasteiger charge is 2.37. The zero-order valence-electron chi connectivity index (χ0n) is 10.8. The lowest BCUT2D eigenvalue weighted by atomic mass is 9.97. The van der Waals surface area contributed by atoms with Crippen molar-refractivity contribution < 1.29 is 4.79 Å². The predicted octanol–water partition coefficient (Wildman–Crippen LogP) is 2.45. The Morgan fingerprint density at radius 3 is 2.89 bits per heavy atom. The van der Waals surface area contributed by atoms with E-state index in [1.54, 1.807) is 11.3 Å². The second-order valence-electron chi connectivity index (χ2n) is 5.46. The van der Waals surface area contributed by atoms with E-state index >= 15 is 0 Å². The van der Waals surface area contributed by atoms with Crippen LogP contribution in [-0.4, -0.2) is 47.4 Å². The average Bonchev–Trinajstić information content (AvgIpc) is 2.83. The second-order valence-corrected chi connectivity index (χ2v) is 6.24. The molecule has 2 aliphatic rings.